The lowest BCUT2D eigenvalue weighted by molar-refractivity contribution is -0.144. The Labute approximate surface area is 174 Å². The first-order chi connectivity index (χ1) is 13.8. The average molecular weight is 444 g/mol. The van der Waals surface area contributed by atoms with Gasteiger partial charge in [-0.05, 0) is 32.9 Å². The van der Waals surface area contributed by atoms with Gasteiger partial charge in [-0.2, -0.15) is 18.3 Å². The SMILES string of the molecule is CC(=O)c1c(-c2c(F)cccc2Cl)c[nH]c1-c1cnn(CC(C)(C)O)c1C(F)(F)F. The van der Waals surface area contributed by atoms with Crippen LogP contribution in [0, 0.1) is 5.82 Å². The highest BCUT2D eigenvalue weighted by Crippen LogP contribution is 2.42. The summed E-state index contributed by atoms with van der Waals surface area (Å²) in [4.78, 5) is 15.0. The lowest BCUT2D eigenvalue weighted by atomic mass is 9.97. The van der Waals surface area contributed by atoms with Gasteiger partial charge in [0.05, 0.1) is 34.6 Å². The van der Waals surface area contributed by atoms with Crippen LogP contribution >= 0.6 is 11.6 Å². The Balaban J connectivity index is 2.28. The summed E-state index contributed by atoms with van der Waals surface area (Å²) in [5, 5.41) is 13.7. The predicted octanol–water partition coefficient (Wildman–Crippen LogP) is 5.33. The number of rotatable bonds is 5. The highest BCUT2D eigenvalue weighted by atomic mass is 35.5. The van der Waals surface area contributed by atoms with Gasteiger partial charge in [0.25, 0.3) is 0 Å². The summed E-state index contributed by atoms with van der Waals surface area (Å²) in [6, 6.07) is 3.93. The van der Waals surface area contributed by atoms with E-state index in [9.17, 15) is 27.5 Å². The van der Waals surface area contributed by atoms with E-state index in [0.29, 0.717) is 4.68 Å². The first-order valence-electron chi connectivity index (χ1n) is 8.83. The van der Waals surface area contributed by atoms with Crippen LogP contribution < -0.4 is 0 Å². The number of H-pyrrole nitrogens is 1. The fraction of sp³-hybridized carbons (Fsp3) is 0.300. The zero-order valence-electron chi connectivity index (χ0n) is 16.2. The Bertz CT molecular complexity index is 1090. The number of Topliss-reactive ketones (excluding diaryl/α,β-unsaturated/α-hetero) is 1. The van der Waals surface area contributed by atoms with Crippen molar-refractivity contribution in [1.82, 2.24) is 14.8 Å². The summed E-state index contributed by atoms with van der Waals surface area (Å²) < 4.78 is 56.7. The maximum Gasteiger partial charge on any atom is 0.433 e. The molecule has 1 aromatic carbocycles. The second kappa shape index (κ2) is 7.55. The third-order valence-corrected chi connectivity index (χ3v) is 4.69. The van der Waals surface area contributed by atoms with Crippen molar-refractivity contribution in [1.29, 1.82) is 0 Å². The van der Waals surface area contributed by atoms with Crippen LogP contribution in [0.4, 0.5) is 17.6 Å². The Hall–Kier alpha value is -2.65. The summed E-state index contributed by atoms with van der Waals surface area (Å²) in [6.45, 7) is 3.44. The van der Waals surface area contributed by atoms with E-state index < -0.39 is 41.2 Å². The maximum atomic E-state index is 14.4. The highest BCUT2D eigenvalue weighted by molar-refractivity contribution is 6.33. The van der Waals surface area contributed by atoms with E-state index in [1.807, 2.05) is 0 Å². The monoisotopic (exact) mass is 443 g/mol. The van der Waals surface area contributed by atoms with Crippen LogP contribution in [0.2, 0.25) is 5.02 Å². The van der Waals surface area contributed by atoms with Gasteiger partial charge < -0.3 is 10.1 Å². The number of ketones is 1. The minimum absolute atomic E-state index is 0.0109. The largest absolute Gasteiger partial charge is 0.433 e. The molecule has 2 aromatic heterocycles. The van der Waals surface area contributed by atoms with Crippen LogP contribution in [0.5, 0.6) is 0 Å². The molecule has 5 nitrogen and oxygen atoms in total. The molecule has 0 spiro atoms. The van der Waals surface area contributed by atoms with Gasteiger partial charge in [-0.15, -0.1) is 0 Å². The number of aliphatic hydroxyl groups is 1. The normalized spacial score (nSPS) is 12.4. The second-order valence-electron chi connectivity index (χ2n) is 7.48. The van der Waals surface area contributed by atoms with Gasteiger partial charge in [0.1, 0.15) is 5.82 Å². The Morgan fingerprint density at radius 3 is 2.47 bits per heavy atom. The quantitative estimate of drug-likeness (QED) is 0.413. The van der Waals surface area contributed by atoms with E-state index in [2.05, 4.69) is 10.1 Å². The molecule has 0 radical (unpaired) electrons. The van der Waals surface area contributed by atoms with Gasteiger partial charge in [0.2, 0.25) is 0 Å². The summed E-state index contributed by atoms with van der Waals surface area (Å²) in [5.41, 5.74) is -3.35. The van der Waals surface area contributed by atoms with E-state index >= 15 is 0 Å². The zero-order chi connectivity index (χ0) is 22.4. The molecule has 0 atom stereocenters. The van der Waals surface area contributed by atoms with Crippen molar-refractivity contribution in [2.45, 2.75) is 39.1 Å². The zero-order valence-corrected chi connectivity index (χ0v) is 17.0. The number of hydrogen-bond acceptors (Lipinski definition) is 3. The third-order valence-electron chi connectivity index (χ3n) is 4.38. The molecule has 0 fully saturated rings. The van der Waals surface area contributed by atoms with Gasteiger partial charge in [0.15, 0.2) is 11.5 Å². The number of carbonyl (C=O) groups excluding carboxylic acids is 1. The number of nitrogens with zero attached hydrogens (tertiary/aromatic N) is 2. The molecule has 0 saturated heterocycles. The molecule has 3 rings (SSSR count). The first kappa shape index (κ1) is 22.0. The Kier molecular flexibility index (Phi) is 5.55. The van der Waals surface area contributed by atoms with Crippen molar-refractivity contribution in [3.63, 3.8) is 0 Å². The molecule has 0 aliphatic rings. The van der Waals surface area contributed by atoms with E-state index in [4.69, 9.17) is 11.6 Å². The van der Waals surface area contributed by atoms with Gasteiger partial charge in [-0.1, -0.05) is 17.7 Å². The van der Waals surface area contributed by atoms with Crippen LogP contribution in [0.3, 0.4) is 0 Å². The minimum Gasteiger partial charge on any atom is -0.389 e. The summed E-state index contributed by atoms with van der Waals surface area (Å²) in [6.07, 6.45) is -2.63. The van der Waals surface area contributed by atoms with Crippen molar-refractivity contribution in [3.8, 4) is 22.4 Å². The van der Waals surface area contributed by atoms with E-state index in [0.717, 1.165) is 12.3 Å². The number of aromatic nitrogens is 3. The molecule has 0 saturated carbocycles. The summed E-state index contributed by atoms with van der Waals surface area (Å²) in [7, 11) is 0. The van der Waals surface area contributed by atoms with Gasteiger partial charge in [0, 0.05) is 22.9 Å². The number of carbonyl (C=O) groups is 1. The van der Waals surface area contributed by atoms with Gasteiger partial charge >= 0.3 is 6.18 Å². The number of aromatic amines is 1. The molecule has 0 amide bonds. The summed E-state index contributed by atoms with van der Waals surface area (Å²) >= 11 is 6.09. The molecular formula is C20H18ClF4N3O2. The van der Waals surface area contributed by atoms with Crippen molar-refractivity contribution < 1.29 is 27.5 Å². The van der Waals surface area contributed by atoms with Gasteiger partial charge in [-0.3, -0.25) is 9.48 Å². The number of halogens is 5. The number of benzene rings is 1. The van der Waals surface area contributed by atoms with Crippen molar-refractivity contribution in [2.24, 2.45) is 0 Å². The van der Waals surface area contributed by atoms with Crippen LogP contribution in [0.25, 0.3) is 22.4 Å². The molecule has 0 aliphatic carbocycles. The van der Waals surface area contributed by atoms with Crippen LogP contribution in [-0.2, 0) is 12.7 Å². The molecule has 30 heavy (non-hydrogen) atoms. The van der Waals surface area contributed by atoms with E-state index in [-0.39, 0.29) is 27.4 Å². The third kappa shape index (κ3) is 4.13. The number of nitrogens with one attached hydrogen (secondary N) is 1. The Morgan fingerprint density at radius 2 is 1.93 bits per heavy atom. The van der Waals surface area contributed by atoms with Gasteiger partial charge in [-0.25, -0.2) is 4.39 Å². The van der Waals surface area contributed by atoms with Crippen LogP contribution in [0.1, 0.15) is 36.8 Å². The number of alkyl halides is 3. The fourth-order valence-corrected chi connectivity index (χ4v) is 3.57. The highest BCUT2D eigenvalue weighted by Gasteiger charge is 2.40. The fourth-order valence-electron chi connectivity index (χ4n) is 3.31. The van der Waals surface area contributed by atoms with Crippen LogP contribution in [0.15, 0.2) is 30.6 Å². The van der Waals surface area contributed by atoms with Crippen LogP contribution in [-0.4, -0.2) is 31.3 Å². The van der Waals surface area contributed by atoms with Crippen molar-refractivity contribution in [2.75, 3.05) is 0 Å². The van der Waals surface area contributed by atoms with E-state index in [1.54, 1.807) is 0 Å². The smallest absolute Gasteiger partial charge is 0.389 e. The average Bonchev–Trinajstić information content (AvgIpc) is 3.16. The molecule has 0 aliphatic heterocycles. The topological polar surface area (TPSA) is 70.9 Å². The predicted molar refractivity (Wildman–Crippen MR) is 104 cm³/mol. The molecule has 2 heterocycles. The molecule has 10 heteroatoms. The minimum atomic E-state index is -4.83. The van der Waals surface area contributed by atoms with Crippen molar-refractivity contribution in [3.05, 3.63) is 52.7 Å². The van der Waals surface area contributed by atoms with E-state index in [1.165, 1.54) is 39.1 Å². The lowest BCUT2D eigenvalue weighted by Crippen LogP contribution is -2.29. The van der Waals surface area contributed by atoms with Crippen molar-refractivity contribution >= 4 is 17.4 Å². The standard InChI is InChI=1S/C20H18ClF4N3O2/c1-10(29)15-11(16-13(21)5-4-6-14(16)22)7-26-17(15)12-8-27-28(9-19(2,3)30)18(12)20(23,24)25/h4-8,26,30H,9H2,1-3H3. The maximum absolute atomic E-state index is 14.4. The Morgan fingerprint density at radius 1 is 1.27 bits per heavy atom. The molecule has 160 valence electrons. The number of hydrogen-bond donors (Lipinski definition) is 2. The molecule has 3 aromatic rings. The summed E-state index contributed by atoms with van der Waals surface area (Å²) in [5.74, 6) is -1.30. The molecule has 0 unspecified atom stereocenters. The lowest BCUT2D eigenvalue weighted by Gasteiger charge is -2.20. The first-order valence-corrected chi connectivity index (χ1v) is 9.21. The molecule has 2 N–H and O–H groups in total. The molecular weight excluding hydrogens is 426 g/mol. The second-order valence-corrected chi connectivity index (χ2v) is 7.89. The molecule has 0 bridgehead atoms.